The van der Waals surface area contributed by atoms with E-state index in [1.54, 1.807) is 0 Å². The maximum absolute atomic E-state index is 11.8. The fourth-order valence-corrected chi connectivity index (χ4v) is 6.22. The van der Waals surface area contributed by atoms with Crippen LogP contribution in [-0.4, -0.2) is 76.3 Å². The van der Waals surface area contributed by atoms with Crippen molar-refractivity contribution in [3.63, 3.8) is 0 Å². The molecule has 0 amide bonds. The molecular formula is C26H40N6OS. The van der Waals surface area contributed by atoms with Gasteiger partial charge in [-0.25, -0.2) is 4.98 Å². The second-order valence-corrected chi connectivity index (χ2v) is 12.4. The molecule has 2 atom stereocenters. The molecule has 0 radical (unpaired) electrons. The van der Waals surface area contributed by atoms with Crippen molar-refractivity contribution in [3.8, 4) is 11.3 Å². The van der Waals surface area contributed by atoms with Gasteiger partial charge in [0.2, 0.25) is 0 Å². The molecule has 186 valence electrons. The smallest absolute Gasteiger partial charge is 0.149 e. The Morgan fingerprint density at radius 3 is 2.56 bits per heavy atom. The van der Waals surface area contributed by atoms with Gasteiger partial charge in [0.15, 0.2) is 0 Å². The third kappa shape index (κ3) is 6.29. The highest BCUT2D eigenvalue weighted by molar-refractivity contribution is 7.85. The Balaban J connectivity index is 1.42. The van der Waals surface area contributed by atoms with Gasteiger partial charge in [0.1, 0.15) is 5.82 Å². The number of aromatic nitrogens is 1. The number of anilines is 3. The first-order valence-electron chi connectivity index (χ1n) is 12.3. The summed E-state index contributed by atoms with van der Waals surface area (Å²) in [6, 6.07) is 11.0. The van der Waals surface area contributed by atoms with Crippen LogP contribution in [0.25, 0.3) is 11.3 Å². The Labute approximate surface area is 207 Å². The van der Waals surface area contributed by atoms with Gasteiger partial charge >= 0.3 is 0 Å². The Morgan fingerprint density at radius 2 is 1.91 bits per heavy atom. The lowest BCUT2D eigenvalue weighted by molar-refractivity contribution is 0.100. The first-order valence-corrected chi connectivity index (χ1v) is 13.8. The number of piperazine rings is 1. The van der Waals surface area contributed by atoms with Gasteiger partial charge in [-0.2, -0.15) is 0 Å². The van der Waals surface area contributed by atoms with E-state index >= 15 is 0 Å². The average molecular weight is 485 g/mol. The fourth-order valence-electron chi connectivity index (χ4n) is 4.71. The quantitative estimate of drug-likeness (QED) is 0.519. The largest absolute Gasteiger partial charge is 0.398 e. The number of rotatable bonds is 7. The molecule has 4 rings (SSSR count). The normalized spacial score (nSPS) is 22.1. The summed E-state index contributed by atoms with van der Waals surface area (Å²) in [5, 5.41) is 6.73. The molecule has 2 aromatic rings. The molecule has 8 heteroatoms. The number of pyridine rings is 1. The zero-order chi connectivity index (χ0) is 24.3. The van der Waals surface area contributed by atoms with Crippen molar-refractivity contribution in [2.45, 2.75) is 39.8 Å². The highest BCUT2D eigenvalue weighted by atomic mass is 32.2. The van der Waals surface area contributed by atoms with Crippen LogP contribution in [0.3, 0.4) is 0 Å². The molecule has 3 heterocycles. The molecule has 0 aliphatic carbocycles. The molecule has 4 N–H and O–H groups in total. The summed E-state index contributed by atoms with van der Waals surface area (Å²) < 4.78 is 11.8. The SMILES string of the molecule is CNc1nc(-c2cc(CN3CCN(C4CCS(=O)C4)CC3)ccc2N)ccc1NCC(C)(C)C. The zero-order valence-electron chi connectivity index (χ0n) is 21.1. The van der Waals surface area contributed by atoms with E-state index in [-0.39, 0.29) is 5.41 Å². The van der Waals surface area contributed by atoms with Gasteiger partial charge < -0.3 is 16.4 Å². The molecule has 7 nitrogen and oxygen atoms in total. The van der Waals surface area contributed by atoms with Crippen LogP contribution in [0.4, 0.5) is 17.2 Å². The van der Waals surface area contributed by atoms with Crippen LogP contribution >= 0.6 is 0 Å². The number of nitrogens with zero attached hydrogens (tertiary/aromatic N) is 3. The molecule has 0 bridgehead atoms. The molecule has 2 saturated heterocycles. The number of nitrogens with one attached hydrogen (secondary N) is 2. The molecular weight excluding hydrogens is 444 g/mol. The minimum absolute atomic E-state index is 0.184. The lowest BCUT2D eigenvalue weighted by Gasteiger charge is -2.37. The van der Waals surface area contributed by atoms with Gasteiger partial charge in [0, 0.05) is 85.9 Å². The lowest BCUT2D eigenvalue weighted by Crippen LogP contribution is -2.50. The minimum Gasteiger partial charge on any atom is -0.398 e. The molecule has 2 fully saturated rings. The summed E-state index contributed by atoms with van der Waals surface area (Å²) in [6.07, 6.45) is 1.08. The summed E-state index contributed by atoms with van der Waals surface area (Å²) in [5.41, 5.74) is 11.4. The summed E-state index contributed by atoms with van der Waals surface area (Å²) in [6.45, 7) is 12.6. The van der Waals surface area contributed by atoms with Crippen LogP contribution in [0, 0.1) is 5.41 Å². The van der Waals surface area contributed by atoms with Crippen molar-refractivity contribution in [3.05, 3.63) is 35.9 Å². The number of hydrogen-bond donors (Lipinski definition) is 3. The highest BCUT2D eigenvalue weighted by Crippen LogP contribution is 2.31. The zero-order valence-corrected chi connectivity index (χ0v) is 21.9. The maximum atomic E-state index is 11.8. The van der Waals surface area contributed by atoms with Crippen molar-refractivity contribution in [1.29, 1.82) is 0 Å². The second-order valence-electron chi connectivity index (χ2n) is 10.7. The van der Waals surface area contributed by atoms with Crippen LogP contribution in [0.5, 0.6) is 0 Å². The Hall–Kier alpha value is -2.16. The molecule has 1 aromatic heterocycles. The third-order valence-corrected chi connectivity index (χ3v) is 8.17. The molecule has 34 heavy (non-hydrogen) atoms. The Kier molecular flexibility index (Phi) is 7.80. The van der Waals surface area contributed by atoms with E-state index in [4.69, 9.17) is 10.7 Å². The lowest BCUT2D eigenvalue weighted by atomic mass is 9.97. The van der Waals surface area contributed by atoms with Gasteiger partial charge in [-0.05, 0) is 41.7 Å². The second kappa shape index (κ2) is 10.6. The highest BCUT2D eigenvalue weighted by Gasteiger charge is 2.29. The van der Waals surface area contributed by atoms with Gasteiger partial charge in [0.05, 0.1) is 11.4 Å². The summed E-state index contributed by atoms with van der Waals surface area (Å²) in [7, 11) is 1.29. The standard InChI is InChI=1S/C26H40N6OS/c1-26(2,3)18-29-24-8-7-23(30-25(24)28-4)21-15-19(5-6-22(21)27)16-31-10-12-32(13-11-31)20-9-14-34(33)17-20/h5-8,15,20,29H,9-14,16-18,27H2,1-4H3,(H,28,30). The monoisotopic (exact) mass is 484 g/mol. The third-order valence-electron chi connectivity index (χ3n) is 6.72. The van der Waals surface area contributed by atoms with Crippen molar-refractivity contribution in [1.82, 2.24) is 14.8 Å². The number of nitrogens with two attached hydrogens (primary N) is 1. The number of nitrogen functional groups attached to an aromatic ring is 1. The summed E-state index contributed by atoms with van der Waals surface area (Å²) >= 11 is 0. The fraction of sp³-hybridized carbons (Fsp3) is 0.577. The van der Waals surface area contributed by atoms with E-state index in [9.17, 15) is 4.21 Å². The van der Waals surface area contributed by atoms with Crippen LogP contribution in [0.2, 0.25) is 0 Å². The van der Waals surface area contributed by atoms with Crippen LogP contribution in [0.15, 0.2) is 30.3 Å². The number of benzene rings is 1. The predicted octanol–water partition coefficient (Wildman–Crippen LogP) is 3.47. The van der Waals surface area contributed by atoms with Crippen LogP contribution in [-0.2, 0) is 17.3 Å². The summed E-state index contributed by atoms with van der Waals surface area (Å²) in [5.74, 6) is 2.55. The minimum atomic E-state index is -0.609. The number of hydrogen-bond acceptors (Lipinski definition) is 7. The van der Waals surface area contributed by atoms with Crippen molar-refractivity contribution < 1.29 is 4.21 Å². The topological polar surface area (TPSA) is 86.5 Å². The van der Waals surface area contributed by atoms with E-state index < -0.39 is 10.8 Å². The average Bonchev–Trinajstić information content (AvgIpc) is 3.25. The molecule has 2 unspecified atom stereocenters. The Morgan fingerprint density at radius 1 is 1.15 bits per heavy atom. The van der Waals surface area contributed by atoms with Crippen LogP contribution < -0.4 is 16.4 Å². The van der Waals surface area contributed by atoms with Crippen molar-refractivity contribution in [2.75, 3.05) is 67.6 Å². The van der Waals surface area contributed by atoms with E-state index in [0.717, 1.165) is 85.6 Å². The molecule has 2 aliphatic rings. The summed E-state index contributed by atoms with van der Waals surface area (Å²) in [4.78, 5) is 9.91. The van der Waals surface area contributed by atoms with E-state index in [1.807, 2.05) is 19.2 Å². The van der Waals surface area contributed by atoms with Crippen molar-refractivity contribution in [2.24, 2.45) is 5.41 Å². The first kappa shape index (κ1) is 24.9. The van der Waals surface area contributed by atoms with Gasteiger partial charge in [0.25, 0.3) is 0 Å². The van der Waals surface area contributed by atoms with Gasteiger partial charge in [-0.3, -0.25) is 14.0 Å². The van der Waals surface area contributed by atoms with E-state index in [1.165, 1.54) is 5.56 Å². The van der Waals surface area contributed by atoms with E-state index in [2.05, 4.69) is 59.4 Å². The molecule has 0 saturated carbocycles. The van der Waals surface area contributed by atoms with Crippen LogP contribution in [0.1, 0.15) is 32.8 Å². The van der Waals surface area contributed by atoms with Gasteiger partial charge in [-0.1, -0.05) is 26.8 Å². The molecule has 1 aromatic carbocycles. The first-order chi connectivity index (χ1) is 16.2. The Bertz CT molecular complexity index is 1010. The molecule has 2 aliphatic heterocycles. The predicted molar refractivity (Wildman–Crippen MR) is 145 cm³/mol. The molecule has 0 spiro atoms. The van der Waals surface area contributed by atoms with Gasteiger partial charge in [-0.15, -0.1) is 0 Å². The van der Waals surface area contributed by atoms with Crippen molar-refractivity contribution >= 4 is 28.0 Å². The van der Waals surface area contributed by atoms with E-state index in [0.29, 0.717) is 6.04 Å². The maximum Gasteiger partial charge on any atom is 0.149 e.